The van der Waals surface area contributed by atoms with E-state index in [-0.39, 0.29) is 24.0 Å². The molecule has 31 heavy (non-hydrogen) atoms. The molecule has 1 unspecified atom stereocenters. The van der Waals surface area contributed by atoms with E-state index in [1.165, 1.54) is 10.6 Å². The van der Waals surface area contributed by atoms with E-state index in [0.29, 0.717) is 13.0 Å². The smallest absolute Gasteiger partial charge is 0.335 e. The number of ether oxygens (including phenoxy) is 1. The molecule has 2 amide bonds. The van der Waals surface area contributed by atoms with Crippen LogP contribution < -0.4 is 9.57 Å². The monoisotopic (exact) mass is 445 g/mol. The number of nitrogens with zero attached hydrogens (tertiary/aromatic N) is 2. The first kappa shape index (κ1) is 23.1. The van der Waals surface area contributed by atoms with Crippen LogP contribution in [0.5, 0.6) is 5.75 Å². The van der Waals surface area contributed by atoms with Gasteiger partial charge in [-0.25, -0.2) is 18.2 Å². The maximum Gasteiger partial charge on any atom is 0.335 e. The number of amides is 2. The van der Waals surface area contributed by atoms with Gasteiger partial charge in [0.05, 0.1) is 26.0 Å². The molecular formula is C23H31N3O4S. The average molecular weight is 446 g/mol. The zero-order chi connectivity index (χ0) is 22.8. The molecule has 8 heteroatoms. The van der Waals surface area contributed by atoms with Crippen molar-refractivity contribution in [1.29, 1.82) is 0 Å². The van der Waals surface area contributed by atoms with Crippen molar-refractivity contribution in [2.75, 3.05) is 26.5 Å². The zero-order valence-corrected chi connectivity index (χ0v) is 19.6. The van der Waals surface area contributed by atoms with Gasteiger partial charge < -0.3 is 9.64 Å². The number of sulfonamides is 1. The summed E-state index contributed by atoms with van der Waals surface area (Å²) in [6.45, 7) is 7.18. The third kappa shape index (κ3) is 5.77. The number of hydrazine groups is 1. The topological polar surface area (TPSA) is 79.0 Å². The average Bonchev–Trinajstić information content (AvgIpc) is 3.00. The van der Waals surface area contributed by atoms with Gasteiger partial charge in [0.15, 0.2) is 0 Å². The lowest BCUT2D eigenvalue weighted by molar-refractivity contribution is 0.182. The summed E-state index contributed by atoms with van der Waals surface area (Å²) in [5.74, 6) is 0.779. The van der Waals surface area contributed by atoms with Crippen molar-refractivity contribution < 1.29 is 17.9 Å². The number of rotatable bonds is 7. The van der Waals surface area contributed by atoms with E-state index in [4.69, 9.17) is 4.74 Å². The molecule has 0 spiro atoms. The Balaban J connectivity index is 1.83. The predicted molar refractivity (Wildman–Crippen MR) is 121 cm³/mol. The molecule has 0 aliphatic carbocycles. The fraction of sp³-hybridized carbons (Fsp3) is 0.435. The fourth-order valence-electron chi connectivity index (χ4n) is 3.70. The summed E-state index contributed by atoms with van der Waals surface area (Å²) in [6.07, 6.45) is 1.70. The van der Waals surface area contributed by atoms with Crippen LogP contribution in [0, 0.1) is 0 Å². The second-order valence-electron chi connectivity index (χ2n) is 8.94. The minimum Gasteiger partial charge on any atom is -0.497 e. The number of urea groups is 1. The molecule has 0 aromatic heterocycles. The van der Waals surface area contributed by atoms with E-state index in [9.17, 15) is 13.2 Å². The van der Waals surface area contributed by atoms with E-state index in [2.05, 4.69) is 37.7 Å². The van der Waals surface area contributed by atoms with Crippen molar-refractivity contribution >= 4 is 16.1 Å². The molecule has 1 aliphatic rings. The quantitative estimate of drug-likeness (QED) is 0.708. The molecule has 1 atom stereocenters. The molecule has 2 aromatic rings. The molecule has 1 saturated heterocycles. The molecular weight excluding hydrogens is 414 g/mol. The SMILES string of the molecule is COc1ccc(CCN2C(=O)N(NS(C)(=O)=O)CC2c2ccc(C(C)(C)C)cc2)cc1. The summed E-state index contributed by atoms with van der Waals surface area (Å²) < 4.78 is 28.7. The van der Waals surface area contributed by atoms with Gasteiger partial charge in [0.2, 0.25) is 10.0 Å². The highest BCUT2D eigenvalue weighted by Gasteiger charge is 2.39. The number of benzene rings is 2. The van der Waals surface area contributed by atoms with Crippen LogP contribution in [0.2, 0.25) is 0 Å². The molecule has 3 rings (SSSR count). The Kier molecular flexibility index (Phi) is 6.62. The molecule has 0 radical (unpaired) electrons. The predicted octanol–water partition coefficient (Wildman–Crippen LogP) is 3.48. The second-order valence-corrected chi connectivity index (χ2v) is 10.7. The normalized spacial score (nSPS) is 17.3. The maximum atomic E-state index is 13.0. The summed E-state index contributed by atoms with van der Waals surface area (Å²) in [7, 11) is -1.93. The Hall–Kier alpha value is -2.58. The Bertz CT molecular complexity index is 1010. The Morgan fingerprint density at radius 1 is 1.06 bits per heavy atom. The number of hydrogen-bond acceptors (Lipinski definition) is 4. The molecule has 1 aliphatic heterocycles. The number of carbonyl (C=O) groups is 1. The number of methoxy groups -OCH3 is 1. The third-order valence-electron chi connectivity index (χ3n) is 5.45. The first-order valence-electron chi connectivity index (χ1n) is 10.3. The van der Waals surface area contributed by atoms with Crippen molar-refractivity contribution in [3.63, 3.8) is 0 Å². The number of hydrogen-bond donors (Lipinski definition) is 1. The Labute approximate surface area is 185 Å². The first-order chi connectivity index (χ1) is 14.5. The summed E-state index contributed by atoms with van der Waals surface area (Å²) in [5.41, 5.74) is 3.29. The van der Waals surface area contributed by atoms with Gasteiger partial charge >= 0.3 is 6.03 Å². The lowest BCUT2D eigenvalue weighted by atomic mass is 9.86. The fourth-order valence-corrected chi connectivity index (χ4v) is 4.25. The molecule has 7 nitrogen and oxygen atoms in total. The standard InChI is InChI=1S/C23H31N3O4S/c1-23(2,3)19-10-8-18(9-11-19)21-16-26(24-31(5,28)29)22(27)25(21)15-14-17-6-12-20(30-4)13-7-17/h6-13,21,24H,14-16H2,1-5H3. The lowest BCUT2D eigenvalue weighted by Gasteiger charge is -2.25. The van der Waals surface area contributed by atoms with Gasteiger partial charge in [-0.15, -0.1) is 4.83 Å². The van der Waals surface area contributed by atoms with Crippen molar-refractivity contribution in [3.8, 4) is 5.75 Å². The molecule has 1 fully saturated rings. The van der Waals surface area contributed by atoms with Crippen LogP contribution >= 0.6 is 0 Å². The van der Waals surface area contributed by atoms with Gasteiger partial charge in [-0.2, -0.15) is 0 Å². The summed E-state index contributed by atoms with van der Waals surface area (Å²) in [6, 6.07) is 15.4. The van der Waals surface area contributed by atoms with Crippen LogP contribution in [0.4, 0.5) is 4.79 Å². The molecule has 0 saturated carbocycles. The Morgan fingerprint density at radius 2 is 1.68 bits per heavy atom. The van der Waals surface area contributed by atoms with Crippen LogP contribution in [0.3, 0.4) is 0 Å². The van der Waals surface area contributed by atoms with Gasteiger partial charge in [0.1, 0.15) is 5.75 Å². The minimum atomic E-state index is -3.56. The van der Waals surface area contributed by atoms with Crippen molar-refractivity contribution in [2.45, 2.75) is 38.6 Å². The summed E-state index contributed by atoms with van der Waals surface area (Å²) >= 11 is 0. The second kappa shape index (κ2) is 8.88. The number of nitrogens with one attached hydrogen (secondary N) is 1. The maximum absolute atomic E-state index is 13.0. The molecule has 1 heterocycles. The summed E-state index contributed by atoms with van der Waals surface area (Å²) in [5, 5.41) is 1.19. The van der Waals surface area contributed by atoms with E-state index in [1.807, 2.05) is 36.4 Å². The van der Waals surface area contributed by atoms with Crippen LogP contribution in [0.1, 0.15) is 43.5 Å². The van der Waals surface area contributed by atoms with Gasteiger partial charge in [-0.05, 0) is 40.7 Å². The zero-order valence-electron chi connectivity index (χ0n) is 18.8. The minimum absolute atomic E-state index is 0.0297. The number of carbonyl (C=O) groups excluding carboxylic acids is 1. The van der Waals surface area contributed by atoms with Crippen LogP contribution in [-0.2, 0) is 21.9 Å². The van der Waals surface area contributed by atoms with E-state index in [1.54, 1.807) is 12.0 Å². The molecule has 168 valence electrons. The summed E-state index contributed by atoms with van der Waals surface area (Å²) in [4.78, 5) is 17.1. The van der Waals surface area contributed by atoms with Crippen molar-refractivity contribution in [3.05, 3.63) is 65.2 Å². The largest absolute Gasteiger partial charge is 0.497 e. The van der Waals surface area contributed by atoms with Crippen molar-refractivity contribution in [2.24, 2.45) is 0 Å². The molecule has 2 aromatic carbocycles. The van der Waals surface area contributed by atoms with Gasteiger partial charge in [-0.3, -0.25) is 0 Å². The molecule has 0 bridgehead atoms. The van der Waals surface area contributed by atoms with Gasteiger partial charge in [0.25, 0.3) is 0 Å². The first-order valence-corrected chi connectivity index (χ1v) is 12.2. The highest BCUT2D eigenvalue weighted by Crippen LogP contribution is 2.31. The Morgan fingerprint density at radius 3 is 2.19 bits per heavy atom. The van der Waals surface area contributed by atoms with E-state index < -0.39 is 10.0 Å². The van der Waals surface area contributed by atoms with E-state index >= 15 is 0 Å². The lowest BCUT2D eigenvalue weighted by Crippen LogP contribution is -2.44. The highest BCUT2D eigenvalue weighted by atomic mass is 32.2. The van der Waals surface area contributed by atoms with Crippen molar-refractivity contribution in [1.82, 2.24) is 14.7 Å². The molecule has 1 N–H and O–H groups in total. The highest BCUT2D eigenvalue weighted by molar-refractivity contribution is 7.88. The van der Waals surface area contributed by atoms with Crippen LogP contribution in [0.25, 0.3) is 0 Å². The van der Waals surface area contributed by atoms with Crippen LogP contribution in [-0.4, -0.2) is 50.8 Å². The van der Waals surface area contributed by atoms with Crippen LogP contribution in [0.15, 0.2) is 48.5 Å². The third-order valence-corrected chi connectivity index (χ3v) is 6.00. The van der Waals surface area contributed by atoms with Gasteiger partial charge in [0, 0.05) is 6.54 Å². The van der Waals surface area contributed by atoms with Gasteiger partial charge in [-0.1, -0.05) is 57.2 Å². The van der Waals surface area contributed by atoms with E-state index in [0.717, 1.165) is 23.1 Å².